The van der Waals surface area contributed by atoms with Gasteiger partial charge in [-0.25, -0.2) is 4.99 Å². The van der Waals surface area contributed by atoms with Crippen molar-refractivity contribution in [3.8, 4) is 16.9 Å². The van der Waals surface area contributed by atoms with Gasteiger partial charge in [0.05, 0.1) is 6.54 Å². The smallest absolute Gasteiger partial charge is 0.481 e. The van der Waals surface area contributed by atoms with Crippen molar-refractivity contribution in [1.82, 2.24) is 4.90 Å². The summed E-state index contributed by atoms with van der Waals surface area (Å²) in [5.74, 6) is -0.502. The van der Waals surface area contributed by atoms with Crippen molar-refractivity contribution >= 4 is 39.5 Å². The van der Waals surface area contributed by atoms with Crippen LogP contribution in [-0.2, 0) is 20.5 Å². The van der Waals surface area contributed by atoms with E-state index in [1.165, 1.54) is 12.1 Å². The van der Waals surface area contributed by atoms with E-state index in [1.54, 1.807) is 11.0 Å². The van der Waals surface area contributed by atoms with E-state index >= 15 is 0 Å². The normalized spacial score (nSPS) is 18.3. The van der Waals surface area contributed by atoms with Gasteiger partial charge in [-0.15, -0.1) is 0 Å². The molecule has 1 atom stereocenters. The minimum atomic E-state index is -5.80. The third-order valence-electron chi connectivity index (χ3n) is 5.92. The summed E-state index contributed by atoms with van der Waals surface area (Å²) in [7, 11) is -5.80. The molecule has 0 aliphatic carbocycles. The number of hydrogen-bond donors (Lipinski definition) is 2. The van der Waals surface area contributed by atoms with Crippen LogP contribution in [0.4, 0.5) is 13.2 Å². The number of amidine groups is 1. The van der Waals surface area contributed by atoms with Gasteiger partial charge < -0.3 is 15.0 Å². The van der Waals surface area contributed by atoms with Gasteiger partial charge in [0.15, 0.2) is 11.5 Å². The van der Waals surface area contributed by atoms with Crippen LogP contribution in [0, 0.1) is 0 Å². The Morgan fingerprint density at radius 3 is 2.25 bits per heavy atom. The van der Waals surface area contributed by atoms with Crippen molar-refractivity contribution in [2.75, 3.05) is 13.1 Å². The van der Waals surface area contributed by atoms with Gasteiger partial charge in [0, 0.05) is 18.5 Å². The molecule has 3 N–H and O–H groups in total. The maximum Gasteiger partial charge on any atom is 0.534 e. The number of guanidine groups is 1. The molecule has 2 heterocycles. The van der Waals surface area contributed by atoms with Gasteiger partial charge in [0.2, 0.25) is 0 Å². The highest BCUT2D eigenvalue weighted by Crippen LogP contribution is 2.43. The van der Waals surface area contributed by atoms with E-state index in [9.17, 15) is 21.6 Å². The van der Waals surface area contributed by atoms with Gasteiger partial charge in [0.1, 0.15) is 11.6 Å². The molecule has 0 saturated heterocycles. The number of benzene rings is 3. The summed E-state index contributed by atoms with van der Waals surface area (Å²) in [6.07, 6.45) is 0. The molecule has 0 amide bonds. The number of alkyl halides is 3. The van der Waals surface area contributed by atoms with Crippen molar-refractivity contribution in [3.05, 3.63) is 88.9 Å². The molecule has 2 aliphatic heterocycles. The van der Waals surface area contributed by atoms with Crippen LogP contribution in [-0.4, -0.2) is 54.8 Å². The highest BCUT2D eigenvalue weighted by Gasteiger charge is 2.51. The maximum absolute atomic E-state index is 12.7. The molecule has 1 unspecified atom stereocenters. The van der Waals surface area contributed by atoms with E-state index < -0.39 is 32.9 Å². The first-order valence-electron chi connectivity index (χ1n) is 11.6. The third-order valence-corrected chi connectivity index (χ3v) is 7.14. The number of hydrogen-bond acceptors (Lipinski definition) is 8. The monoisotopic (exact) mass is 594 g/mol. The number of carboxylic acid groups (broad SMARTS) is 1. The topological polar surface area (TPSA) is 135 Å². The number of fused-ring (bicyclic) bond motifs is 1. The second-order valence-corrected chi connectivity index (χ2v) is 10.6. The maximum atomic E-state index is 12.7. The van der Waals surface area contributed by atoms with Gasteiger partial charge >= 0.3 is 15.6 Å². The highest BCUT2D eigenvalue weighted by atomic mass is 35.5. The quantitative estimate of drug-likeness (QED) is 0.325. The average molecular weight is 595 g/mol. The first kappa shape index (κ1) is 28.9. The van der Waals surface area contributed by atoms with Crippen molar-refractivity contribution < 1.29 is 35.7 Å². The number of halogens is 4. The second-order valence-electron chi connectivity index (χ2n) is 8.66. The zero-order valence-corrected chi connectivity index (χ0v) is 22.3. The molecule has 5 rings (SSSR count). The molecule has 14 heteroatoms. The molecule has 3 aromatic carbocycles. The molecule has 9 nitrogen and oxygen atoms in total. The number of rotatable bonds is 5. The summed E-state index contributed by atoms with van der Waals surface area (Å²) >= 11 is 6.18. The van der Waals surface area contributed by atoms with Crippen LogP contribution in [0.3, 0.4) is 0 Å². The number of nitrogens with zero attached hydrogens (tertiary/aromatic N) is 3. The third kappa shape index (κ3) is 5.61. The Morgan fingerprint density at radius 1 is 1.05 bits per heavy atom. The number of nitrogens with two attached hydrogens (primary N) is 1. The highest BCUT2D eigenvalue weighted by molar-refractivity contribution is 7.88. The van der Waals surface area contributed by atoms with Crippen molar-refractivity contribution in [1.29, 1.82) is 0 Å². The summed E-state index contributed by atoms with van der Waals surface area (Å²) in [6.45, 7) is 2.11. The molecule has 2 aliphatic rings. The van der Waals surface area contributed by atoms with Gasteiger partial charge in [0.25, 0.3) is 5.97 Å². The fourth-order valence-electron chi connectivity index (χ4n) is 4.33. The summed E-state index contributed by atoms with van der Waals surface area (Å²) in [5.41, 5.74) is 2.47. The second kappa shape index (κ2) is 10.8. The van der Waals surface area contributed by atoms with E-state index in [1.807, 2.05) is 42.5 Å². The standard InChI is InChI=1S/C24H18ClF3N4O3S.C2H4O2/c25-19-6-2-4-16(14-19)15-3-1-5-18(13-15)23(21-30-11-12-32(21)22(29)31-23)17-7-9-20(10-8-17)35-36(33,34)24(26,27)28;1-2(3)4/h1-10,13-14H,11-12H2,(H2,29,31);1H3,(H,3,4). The molecule has 0 aromatic heterocycles. The van der Waals surface area contributed by atoms with Crippen molar-refractivity contribution in [2.24, 2.45) is 15.7 Å². The molecule has 0 bridgehead atoms. The predicted octanol–water partition coefficient (Wildman–Crippen LogP) is 4.61. The first-order chi connectivity index (χ1) is 18.7. The van der Waals surface area contributed by atoms with Gasteiger partial charge in [-0.1, -0.05) is 54.1 Å². The lowest BCUT2D eigenvalue weighted by Crippen LogP contribution is -2.41. The van der Waals surface area contributed by atoms with Crippen LogP contribution in [0.25, 0.3) is 11.1 Å². The van der Waals surface area contributed by atoms with E-state index in [0.717, 1.165) is 30.2 Å². The number of carbonyl (C=O) groups is 1. The Bertz CT molecular complexity index is 1610. The molecule has 210 valence electrons. The van der Waals surface area contributed by atoms with E-state index in [-0.39, 0.29) is 5.96 Å². The van der Waals surface area contributed by atoms with Crippen LogP contribution in [0.5, 0.6) is 5.75 Å². The summed E-state index contributed by atoms with van der Waals surface area (Å²) < 4.78 is 65.3. The molecule has 0 saturated carbocycles. The fraction of sp³-hybridized carbons (Fsp3) is 0.192. The van der Waals surface area contributed by atoms with Gasteiger partial charge in [-0.05, 0) is 52.6 Å². The largest absolute Gasteiger partial charge is 0.534 e. The zero-order chi connectivity index (χ0) is 29.3. The Kier molecular flexibility index (Phi) is 7.81. The van der Waals surface area contributed by atoms with Crippen molar-refractivity contribution in [3.63, 3.8) is 0 Å². The number of carboxylic acids is 1. The average Bonchev–Trinajstić information content (AvgIpc) is 3.47. The molecule has 0 spiro atoms. The molecule has 0 radical (unpaired) electrons. The van der Waals surface area contributed by atoms with Crippen LogP contribution in [0.1, 0.15) is 18.1 Å². The van der Waals surface area contributed by atoms with Crippen LogP contribution < -0.4 is 9.92 Å². The van der Waals surface area contributed by atoms with Crippen LogP contribution in [0.15, 0.2) is 82.8 Å². The molecular formula is C26H22ClF3N4O5S. The van der Waals surface area contributed by atoms with E-state index in [2.05, 4.69) is 9.18 Å². The SMILES string of the molecule is CC(=O)O.NC1=NC(c2ccc(OS(=O)(=O)C(F)(F)F)cc2)(c2cccc(-c3cccc(Cl)c3)c2)C2=NCCN12. The van der Waals surface area contributed by atoms with Gasteiger partial charge in [-0.2, -0.15) is 21.6 Å². The minimum absolute atomic E-state index is 0.249. The molecule has 0 fully saturated rings. The van der Waals surface area contributed by atoms with E-state index in [4.69, 9.17) is 32.2 Å². The van der Waals surface area contributed by atoms with E-state index in [0.29, 0.717) is 35.1 Å². The minimum Gasteiger partial charge on any atom is -0.481 e. The first-order valence-corrected chi connectivity index (χ1v) is 13.4. The Balaban J connectivity index is 0.000000867. The van der Waals surface area contributed by atoms with Crippen molar-refractivity contribution in [2.45, 2.75) is 18.0 Å². The van der Waals surface area contributed by atoms with Crippen LogP contribution >= 0.6 is 11.6 Å². The number of aliphatic imine (C=N–C) groups is 2. The Hall–Kier alpha value is -4.10. The summed E-state index contributed by atoms with van der Waals surface area (Å²) in [5, 5.41) is 7.99. The number of aliphatic carboxylic acids is 1. The molecule has 3 aromatic rings. The fourth-order valence-corrected chi connectivity index (χ4v) is 4.98. The predicted molar refractivity (Wildman–Crippen MR) is 144 cm³/mol. The lowest BCUT2D eigenvalue weighted by molar-refractivity contribution is -0.134. The summed E-state index contributed by atoms with van der Waals surface area (Å²) in [4.78, 5) is 20.2. The van der Waals surface area contributed by atoms with Crippen LogP contribution in [0.2, 0.25) is 5.02 Å². The lowest BCUT2D eigenvalue weighted by Gasteiger charge is -2.29. The zero-order valence-electron chi connectivity index (χ0n) is 20.8. The van der Waals surface area contributed by atoms with Gasteiger partial charge in [-0.3, -0.25) is 14.7 Å². The summed E-state index contributed by atoms with van der Waals surface area (Å²) in [6, 6.07) is 20.1. The lowest BCUT2D eigenvalue weighted by atomic mass is 9.81. The molecule has 40 heavy (non-hydrogen) atoms. The molecular weight excluding hydrogens is 573 g/mol. The Labute approximate surface area is 232 Å². The Morgan fingerprint density at radius 2 is 1.65 bits per heavy atom.